The SMILES string of the molecule is Cc1ccccc1C1(C)NCCC1(F)F. The molecule has 0 spiro atoms. The molecule has 0 radical (unpaired) electrons. The van der Waals surface area contributed by atoms with Crippen molar-refractivity contribution in [1.29, 1.82) is 0 Å². The predicted octanol–water partition coefficient (Wildman–Crippen LogP) is 2.84. The van der Waals surface area contributed by atoms with Crippen LogP contribution in [0.3, 0.4) is 0 Å². The molecule has 3 heteroatoms. The Balaban J connectivity index is 2.50. The van der Waals surface area contributed by atoms with Gasteiger partial charge in [0, 0.05) is 13.0 Å². The van der Waals surface area contributed by atoms with Gasteiger partial charge in [-0.15, -0.1) is 0 Å². The van der Waals surface area contributed by atoms with Crippen molar-refractivity contribution in [3.8, 4) is 0 Å². The van der Waals surface area contributed by atoms with Gasteiger partial charge in [-0.25, -0.2) is 8.78 Å². The maximum Gasteiger partial charge on any atom is 0.270 e. The van der Waals surface area contributed by atoms with Crippen LogP contribution >= 0.6 is 0 Å². The summed E-state index contributed by atoms with van der Waals surface area (Å²) in [5.41, 5.74) is 0.403. The molecule has 1 aliphatic rings. The van der Waals surface area contributed by atoms with E-state index < -0.39 is 11.5 Å². The summed E-state index contributed by atoms with van der Waals surface area (Å²) in [5.74, 6) is -2.67. The fraction of sp³-hybridized carbons (Fsp3) is 0.500. The van der Waals surface area contributed by atoms with Crippen molar-refractivity contribution in [1.82, 2.24) is 5.32 Å². The highest BCUT2D eigenvalue weighted by atomic mass is 19.3. The van der Waals surface area contributed by atoms with Gasteiger partial charge in [0.15, 0.2) is 0 Å². The molecule has 82 valence electrons. The summed E-state index contributed by atoms with van der Waals surface area (Å²) in [6, 6.07) is 7.33. The Bertz CT molecular complexity index is 376. The smallest absolute Gasteiger partial charge is 0.270 e. The standard InChI is InChI=1S/C12H15F2N/c1-9-5-3-4-6-10(9)11(2)12(13,14)7-8-15-11/h3-6,15H,7-8H2,1-2H3. The zero-order valence-corrected chi connectivity index (χ0v) is 8.98. The summed E-state index contributed by atoms with van der Waals surface area (Å²) in [4.78, 5) is 0. The third-order valence-electron chi connectivity index (χ3n) is 3.33. The second kappa shape index (κ2) is 3.27. The summed E-state index contributed by atoms with van der Waals surface area (Å²) < 4.78 is 27.6. The molecule has 1 aromatic carbocycles. The molecule has 0 aromatic heterocycles. The number of aryl methyl sites for hydroxylation is 1. The van der Waals surface area contributed by atoms with E-state index in [4.69, 9.17) is 0 Å². The van der Waals surface area contributed by atoms with Gasteiger partial charge >= 0.3 is 0 Å². The molecule has 1 unspecified atom stereocenters. The number of rotatable bonds is 1. The van der Waals surface area contributed by atoms with Gasteiger partial charge in [0.2, 0.25) is 0 Å². The van der Waals surface area contributed by atoms with E-state index in [1.807, 2.05) is 25.1 Å². The van der Waals surface area contributed by atoms with Crippen molar-refractivity contribution in [2.45, 2.75) is 31.7 Å². The number of halogens is 2. The van der Waals surface area contributed by atoms with Gasteiger partial charge < -0.3 is 5.32 Å². The van der Waals surface area contributed by atoms with Gasteiger partial charge in [-0.05, 0) is 25.0 Å². The normalized spacial score (nSPS) is 29.3. The monoisotopic (exact) mass is 211 g/mol. The summed E-state index contributed by atoms with van der Waals surface area (Å²) in [6.45, 7) is 3.83. The Labute approximate surface area is 88.5 Å². The van der Waals surface area contributed by atoms with Gasteiger partial charge in [0.05, 0.1) is 0 Å². The maximum absolute atomic E-state index is 13.8. The summed E-state index contributed by atoms with van der Waals surface area (Å²) >= 11 is 0. The van der Waals surface area contributed by atoms with Crippen molar-refractivity contribution in [2.75, 3.05) is 6.54 Å². The average Bonchev–Trinajstić information content (AvgIpc) is 2.43. The van der Waals surface area contributed by atoms with Crippen molar-refractivity contribution in [2.24, 2.45) is 0 Å². The van der Waals surface area contributed by atoms with Crippen LogP contribution in [0.25, 0.3) is 0 Å². The molecule has 0 bridgehead atoms. The topological polar surface area (TPSA) is 12.0 Å². The molecule has 15 heavy (non-hydrogen) atoms. The number of hydrogen-bond acceptors (Lipinski definition) is 1. The third-order valence-corrected chi connectivity index (χ3v) is 3.33. The third kappa shape index (κ3) is 1.46. The van der Waals surface area contributed by atoms with Crippen LogP contribution in [-0.4, -0.2) is 12.5 Å². The van der Waals surface area contributed by atoms with Crippen LogP contribution < -0.4 is 5.32 Å². The Morgan fingerprint density at radius 2 is 1.93 bits per heavy atom. The molecule has 0 amide bonds. The Morgan fingerprint density at radius 3 is 2.47 bits per heavy atom. The lowest BCUT2D eigenvalue weighted by molar-refractivity contribution is -0.0561. The van der Waals surface area contributed by atoms with E-state index in [0.29, 0.717) is 12.1 Å². The minimum atomic E-state index is -2.67. The first-order chi connectivity index (χ1) is 6.97. The van der Waals surface area contributed by atoms with Crippen LogP contribution in [0.15, 0.2) is 24.3 Å². The van der Waals surface area contributed by atoms with Gasteiger partial charge in [0.1, 0.15) is 5.54 Å². The lowest BCUT2D eigenvalue weighted by Gasteiger charge is -2.33. The summed E-state index contributed by atoms with van der Waals surface area (Å²) in [5, 5.41) is 2.93. The first-order valence-corrected chi connectivity index (χ1v) is 5.16. The molecule has 1 saturated heterocycles. The van der Waals surface area contributed by atoms with Crippen LogP contribution in [0, 0.1) is 6.92 Å². The number of hydrogen-bond donors (Lipinski definition) is 1. The molecule has 1 aromatic rings. The van der Waals surface area contributed by atoms with Crippen molar-refractivity contribution in [3.05, 3.63) is 35.4 Å². The Hall–Kier alpha value is -0.960. The van der Waals surface area contributed by atoms with Crippen molar-refractivity contribution in [3.63, 3.8) is 0 Å². The van der Waals surface area contributed by atoms with E-state index in [-0.39, 0.29) is 6.42 Å². The molecule has 1 N–H and O–H groups in total. The van der Waals surface area contributed by atoms with Crippen LogP contribution in [0.5, 0.6) is 0 Å². The molecule has 0 aliphatic carbocycles. The zero-order valence-electron chi connectivity index (χ0n) is 8.98. The highest BCUT2D eigenvalue weighted by molar-refractivity contribution is 5.35. The zero-order chi connectivity index (χ0) is 11.1. The molecule has 1 nitrogen and oxygen atoms in total. The second-order valence-electron chi connectivity index (χ2n) is 4.32. The first-order valence-electron chi connectivity index (χ1n) is 5.16. The number of nitrogens with one attached hydrogen (secondary N) is 1. The van der Waals surface area contributed by atoms with Gasteiger partial charge in [-0.3, -0.25) is 0 Å². The van der Waals surface area contributed by atoms with Crippen LogP contribution in [0.1, 0.15) is 24.5 Å². The first kappa shape index (κ1) is 10.6. The van der Waals surface area contributed by atoms with E-state index in [1.165, 1.54) is 0 Å². The van der Waals surface area contributed by atoms with Gasteiger partial charge in [-0.1, -0.05) is 24.3 Å². The lowest BCUT2D eigenvalue weighted by atomic mass is 9.84. The molecule has 1 heterocycles. The fourth-order valence-corrected chi connectivity index (χ4v) is 2.27. The minimum Gasteiger partial charge on any atom is -0.302 e. The van der Waals surface area contributed by atoms with E-state index >= 15 is 0 Å². The van der Waals surface area contributed by atoms with Gasteiger partial charge in [0.25, 0.3) is 5.92 Å². The molecule has 1 aliphatic heterocycles. The molecular weight excluding hydrogens is 196 g/mol. The van der Waals surface area contributed by atoms with Crippen LogP contribution in [-0.2, 0) is 5.54 Å². The summed E-state index contributed by atoms with van der Waals surface area (Å²) in [6.07, 6.45) is -0.0855. The highest BCUT2D eigenvalue weighted by Gasteiger charge is 2.55. The fourth-order valence-electron chi connectivity index (χ4n) is 2.27. The molecule has 1 atom stereocenters. The van der Waals surface area contributed by atoms with E-state index in [0.717, 1.165) is 5.56 Å². The van der Waals surface area contributed by atoms with Crippen molar-refractivity contribution >= 4 is 0 Å². The van der Waals surface area contributed by atoms with E-state index in [2.05, 4.69) is 5.32 Å². The average molecular weight is 211 g/mol. The number of benzene rings is 1. The Morgan fingerprint density at radius 1 is 1.27 bits per heavy atom. The quantitative estimate of drug-likeness (QED) is 0.753. The van der Waals surface area contributed by atoms with E-state index in [1.54, 1.807) is 13.0 Å². The highest BCUT2D eigenvalue weighted by Crippen LogP contribution is 2.44. The summed E-state index contributed by atoms with van der Waals surface area (Å²) in [7, 11) is 0. The lowest BCUT2D eigenvalue weighted by Crippen LogP contribution is -2.46. The molecular formula is C12H15F2N. The van der Waals surface area contributed by atoms with Crippen molar-refractivity contribution < 1.29 is 8.78 Å². The second-order valence-corrected chi connectivity index (χ2v) is 4.32. The van der Waals surface area contributed by atoms with Crippen LogP contribution in [0.2, 0.25) is 0 Å². The largest absolute Gasteiger partial charge is 0.302 e. The number of alkyl halides is 2. The van der Waals surface area contributed by atoms with E-state index in [9.17, 15) is 8.78 Å². The molecule has 1 fully saturated rings. The maximum atomic E-state index is 13.8. The minimum absolute atomic E-state index is 0.0855. The van der Waals surface area contributed by atoms with Crippen LogP contribution in [0.4, 0.5) is 8.78 Å². The predicted molar refractivity (Wildman–Crippen MR) is 56.1 cm³/mol. The molecule has 2 rings (SSSR count). The molecule has 0 saturated carbocycles. The Kier molecular flexibility index (Phi) is 2.30. The van der Waals surface area contributed by atoms with Gasteiger partial charge in [-0.2, -0.15) is 0 Å².